The average Bonchev–Trinajstić information content (AvgIpc) is 2.29. The Kier molecular flexibility index (Phi) is 4.50. The highest BCUT2D eigenvalue weighted by Crippen LogP contribution is 2.09. The molecule has 0 spiro atoms. The maximum atomic E-state index is 11.8. The van der Waals surface area contributed by atoms with Crippen LogP contribution in [0.1, 0.15) is 34.8 Å². The van der Waals surface area contributed by atoms with Crippen LogP contribution >= 0.6 is 0 Å². The molecule has 0 radical (unpaired) electrons. The number of nitrogens with two attached hydrogens (primary N) is 1. The van der Waals surface area contributed by atoms with E-state index in [1.165, 1.54) is 5.56 Å². The standard InChI is InChI=1S/C13H20N2O/c1-4-12(14)8-15-13(16)11-6-5-9(2)10(3)7-11/h5-7,12H,4,8,14H2,1-3H3,(H,15,16). The number of carbonyl (C=O) groups excluding carboxylic acids is 1. The van der Waals surface area contributed by atoms with Gasteiger partial charge in [-0.1, -0.05) is 13.0 Å². The van der Waals surface area contributed by atoms with Gasteiger partial charge in [-0.2, -0.15) is 0 Å². The number of carbonyl (C=O) groups is 1. The van der Waals surface area contributed by atoms with E-state index in [0.717, 1.165) is 12.0 Å². The molecule has 88 valence electrons. The topological polar surface area (TPSA) is 55.1 Å². The second-order valence-corrected chi connectivity index (χ2v) is 4.18. The van der Waals surface area contributed by atoms with Crippen LogP contribution in [-0.2, 0) is 0 Å². The maximum Gasteiger partial charge on any atom is 0.251 e. The van der Waals surface area contributed by atoms with Gasteiger partial charge in [0.15, 0.2) is 0 Å². The van der Waals surface area contributed by atoms with Gasteiger partial charge in [-0.3, -0.25) is 4.79 Å². The van der Waals surface area contributed by atoms with Gasteiger partial charge in [0.05, 0.1) is 0 Å². The SMILES string of the molecule is CCC(N)CNC(=O)c1ccc(C)c(C)c1. The molecule has 0 aliphatic carbocycles. The van der Waals surface area contributed by atoms with Crippen LogP contribution in [0.4, 0.5) is 0 Å². The third kappa shape index (κ3) is 3.35. The van der Waals surface area contributed by atoms with Crippen LogP contribution in [0.2, 0.25) is 0 Å². The van der Waals surface area contributed by atoms with Crippen molar-refractivity contribution in [3.63, 3.8) is 0 Å². The summed E-state index contributed by atoms with van der Waals surface area (Å²) in [6.07, 6.45) is 0.868. The number of amides is 1. The zero-order valence-electron chi connectivity index (χ0n) is 10.2. The van der Waals surface area contributed by atoms with Crippen LogP contribution in [0.25, 0.3) is 0 Å². The summed E-state index contributed by atoms with van der Waals surface area (Å²) in [5, 5.41) is 2.83. The summed E-state index contributed by atoms with van der Waals surface area (Å²) in [4.78, 5) is 11.8. The van der Waals surface area contributed by atoms with Crippen molar-refractivity contribution in [2.24, 2.45) is 5.73 Å². The lowest BCUT2D eigenvalue weighted by atomic mass is 10.1. The van der Waals surface area contributed by atoms with Gasteiger partial charge in [0.25, 0.3) is 5.91 Å². The smallest absolute Gasteiger partial charge is 0.251 e. The van der Waals surface area contributed by atoms with Crippen LogP contribution < -0.4 is 11.1 Å². The summed E-state index contributed by atoms with van der Waals surface area (Å²) in [7, 11) is 0. The molecule has 1 aromatic rings. The van der Waals surface area contributed by atoms with Gasteiger partial charge in [0, 0.05) is 18.2 Å². The lowest BCUT2D eigenvalue weighted by Gasteiger charge is -2.11. The van der Waals surface area contributed by atoms with Gasteiger partial charge >= 0.3 is 0 Å². The Morgan fingerprint density at radius 2 is 2.06 bits per heavy atom. The molecule has 0 aliphatic heterocycles. The van der Waals surface area contributed by atoms with Gasteiger partial charge in [0.2, 0.25) is 0 Å². The molecule has 3 nitrogen and oxygen atoms in total. The monoisotopic (exact) mass is 220 g/mol. The molecule has 1 rings (SSSR count). The maximum absolute atomic E-state index is 11.8. The van der Waals surface area contributed by atoms with E-state index >= 15 is 0 Å². The van der Waals surface area contributed by atoms with Gasteiger partial charge in [-0.15, -0.1) is 0 Å². The summed E-state index contributed by atoms with van der Waals surface area (Å²) in [5.74, 6) is -0.0491. The molecule has 0 fully saturated rings. The summed E-state index contributed by atoms with van der Waals surface area (Å²) in [5.41, 5.74) is 8.77. The molecular formula is C13H20N2O. The zero-order valence-corrected chi connectivity index (χ0v) is 10.2. The number of aryl methyl sites for hydroxylation is 2. The van der Waals surface area contributed by atoms with Crippen molar-refractivity contribution < 1.29 is 4.79 Å². The van der Waals surface area contributed by atoms with Gasteiger partial charge < -0.3 is 11.1 Å². The molecule has 1 unspecified atom stereocenters. The lowest BCUT2D eigenvalue weighted by molar-refractivity contribution is 0.0951. The molecule has 3 heteroatoms. The molecule has 1 atom stereocenters. The van der Waals surface area contributed by atoms with Crippen LogP contribution in [0.3, 0.4) is 0 Å². The third-order valence-corrected chi connectivity index (χ3v) is 2.82. The first kappa shape index (κ1) is 12.7. The fourth-order valence-corrected chi connectivity index (χ4v) is 1.35. The summed E-state index contributed by atoms with van der Waals surface area (Å²) < 4.78 is 0. The van der Waals surface area contributed by atoms with E-state index in [0.29, 0.717) is 12.1 Å². The number of rotatable bonds is 4. The summed E-state index contributed by atoms with van der Waals surface area (Å²) in [6, 6.07) is 5.75. The van der Waals surface area contributed by atoms with Crippen LogP contribution in [0.5, 0.6) is 0 Å². The Hall–Kier alpha value is -1.35. The highest BCUT2D eigenvalue weighted by molar-refractivity contribution is 5.94. The highest BCUT2D eigenvalue weighted by atomic mass is 16.1. The zero-order chi connectivity index (χ0) is 12.1. The minimum Gasteiger partial charge on any atom is -0.350 e. The quantitative estimate of drug-likeness (QED) is 0.812. The summed E-state index contributed by atoms with van der Waals surface area (Å²) in [6.45, 7) is 6.57. The third-order valence-electron chi connectivity index (χ3n) is 2.82. The number of benzene rings is 1. The van der Waals surface area contributed by atoms with Crippen molar-refractivity contribution in [1.82, 2.24) is 5.32 Å². The molecule has 3 N–H and O–H groups in total. The lowest BCUT2D eigenvalue weighted by Crippen LogP contribution is -2.36. The van der Waals surface area contributed by atoms with E-state index < -0.39 is 0 Å². The minimum absolute atomic E-state index is 0.0375. The van der Waals surface area contributed by atoms with Crippen LogP contribution in [0.15, 0.2) is 18.2 Å². The number of nitrogens with one attached hydrogen (secondary N) is 1. The Morgan fingerprint density at radius 3 is 2.62 bits per heavy atom. The Balaban J connectivity index is 2.63. The molecule has 0 bridgehead atoms. The fraction of sp³-hybridized carbons (Fsp3) is 0.462. The molecule has 0 aromatic heterocycles. The van der Waals surface area contributed by atoms with Crippen molar-refractivity contribution in [2.45, 2.75) is 33.2 Å². The van der Waals surface area contributed by atoms with Crippen molar-refractivity contribution in [1.29, 1.82) is 0 Å². The Morgan fingerprint density at radius 1 is 1.38 bits per heavy atom. The van der Waals surface area contributed by atoms with Crippen molar-refractivity contribution in [3.8, 4) is 0 Å². The molecule has 1 aromatic carbocycles. The Bertz CT molecular complexity index is 374. The largest absolute Gasteiger partial charge is 0.350 e. The predicted molar refractivity (Wildman–Crippen MR) is 66.5 cm³/mol. The first-order valence-electron chi connectivity index (χ1n) is 5.65. The Labute approximate surface area is 97.0 Å². The van der Waals surface area contributed by atoms with Crippen molar-refractivity contribution in [2.75, 3.05) is 6.54 Å². The van der Waals surface area contributed by atoms with E-state index in [4.69, 9.17) is 5.73 Å². The highest BCUT2D eigenvalue weighted by Gasteiger charge is 2.07. The first-order chi connectivity index (χ1) is 7.54. The molecular weight excluding hydrogens is 200 g/mol. The molecule has 16 heavy (non-hydrogen) atoms. The van der Waals surface area contributed by atoms with E-state index in [9.17, 15) is 4.79 Å². The van der Waals surface area contributed by atoms with Crippen LogP contribution in [0, 0.1) is 13.8 Å². The van der Waals surface area contributed by atoms with Crippen LogP contribution in [-0.4, -0.2) is 18.5 Å². The average molecular weight is 220 g/mol. The van der Waals surface area contributed by atoms with E-state index in [1.807, 2.05) is 39.0 Å². The number of hydrogen-bond acceptors (Lipinski definition) is 2. The molecule has 0 saturated heterocycles. The van der Waals surface area contributed by atoms with Crippen molar-refractivity contribution >= 4 is 5.91 Å². The summed E-state index contributed by atoms with van der Waals surface area (Å²) >= 11 is 0. The van der Waals surface area contributed by atoms with Crippen molar-refractivity contribution in [3.05, 3.63) is 34.9 Å². The van der Waals surface area contributed by atoms with E-state index in [1.54, 1.807) is 0 Å². The number of hydrogen-bond donors (Lipinski definition) is 2. The first-order valence-corrected chi connectivity index (χ1v) is 5.65. The van der Waals surface area contributed by atoms with Gasteiger partial charge in [0.1, 0.15) is 0 Å². The van der Waals surface area contributed by atoms with E-state index in [-0.39, 0.29) is 11.9 Å². The molecule has 0 heterocycles. The normalized spacial score (nSPS) is 12.2. The second kappa shape index (κ2) is 5.66. The fourth-order valence-electron chi connectivity index (χ4n) is 1.35. The molecule has 0 saturated carbocycles. The van der Waals surface area contributed by atoms with Gasteiger partial charge in [-0.25, -0.2) is 0 Å². The second-order valence-electron chi connectivity index (χ2n) is 4.18. The minimum atomic E-state index is -0.0491. The van der Waals surface area contributed by atoms with Gasteiger partial charge in [-0.05, 0) is 43.5 Å². The predicted octanol–water partition coefficient (Wildman–Crippen LogP) is 1.77. The molecule has 1 amide bonds. The van der Waals surface area contributed by atoms with E-state index in [2.05, 4.69) is 5.32 Å². The molecule has 0 aliphatic rings.